The number of fused-ring (bicyclic) bond motifs is 1. The second-order valence-electron chi connectivity index (χ2n) is 8.22. The van der Waals surface area contributed by atoms with Gasteiger partial charge in [-0.3, -0.25) is 19.3 Å². The van der Waals surface area contributed by atoms with Crippen molar-refractivity contribution in [1.82, 2.24) is 10.1 Å². The van der Waals surface area contributed by atoms with E-state index in [4.69, 9.17) is 4.52 Å². The number of carbonyl (C=O) groups excluding carboxylic acids is 3. The number of amides is 3. The van der Waals surface area contributed by atoms with E-state index < -0.39 is 11.8 Å². The Morgan fingerprint density at radius 3 is 2.37 bits per heavy atom. The molecule has 0 saturated carbocycles. The lowest BCUT2D eigenvalue weighted by Gasteiger charge is -2.13. The lowest BCUT2D eigenvalue weighted by atomic mass is 9.93. The van der Waals surface area contributed by atoms with Crippen LogP contribution in [0.1, 0.15) is 63.2 Å². The summed E-state index contributed by atoms with van der Waals surface area (Å²) >= 11 is 0. The van der Waals surface area contributed by atoms with Crippen LogP contribution in [0.3, 0.4) is 0 Å². The Kier molecular flexibility index (Phi) is 4.73. The monoisotopic (exact) mass is 403 g/mol. The fraction of sp³-hybridized carbons (Fsp3) is 0.217. The lowest BCUT2D eigenvalue weighted by Crippen LogP contribution is -2.29. The average molecular weight is 403 g/mol. The molecule has 2 aromatic carbocycles. The molecule has 0 spiro atoms. The van der Waals surface area contributed by atoms with E-state index in [2.05, 4.69) is 10.5 Å². The first-order valence-corrected chi connectivity index (χ1v) is 9.57. The van der Waals surface area contributed by atoms with Crippen molar-refractivity contribution in [1.29, 1.82) is 0 Å². The fourth-order valence-corrected chi connectivity index (χ4v) is 3.22. The quantitative estimate of drug-likeness (QED) is 0.664. The summed E-state index contributed by atoms with van der Waals surface area (Å²) in [6.45, 7) is 6.11. The van der Waals surface area contributed by atoms with E-state index >= 15 is 0 Å². The van der Waals surface area contributed by atoms with E-state index in [1.165, 1.54) is 23.1 Å². The summed E-state index contributed by atoms with van der Waals surface area (Å²) in [7, 11) is 0. The Balaban J connectivity index is 1.54. The molecule has 1 aliphatic heterocycles. The molecule has 0 unspecified atom stereocenters. The Morgan fingerprint density at radius 1 is 1.00 bits per heavy atom. The summed E-state index contributed by atoms with van der Waals surface area (Å²) < 4.78 is 5.27. The Labute approximate surface area is 173 Å². The van der Waals surface area contributed by atoms with E-state index in [9.17, 15) is 14.4 Å². The minimum Gasteiger partial charge on any atom is -0.359 e. The van der Waals surface area contributed by atoms with Crippen LogP contribution < -0.4 is 5.32 Å². The van der Waals surface area contributed by atoms with Gasteiger partial charge < -0.3 is 9.84 Å². The first-order chi connectivity index (χ1) is 14.2. The second kappa shape index (κ2) is 7.26. The van der Waals surface area contributed by atoms with E-state index in [0.29, 0.717) is 17.1 Å². The van der Waals surface area contributed by atoms with Gasteiger partial charge in [-0.2, -0.15) is 0 Å². The molecule has 4 rings (SSSR count). The van der Waals surface area contributed by atoms with Crippen molar-refractivity contribution in [3.05, 3.63) is 82.6 Å². The highest BCUT2D eigenvalue weighted by atomic mass is 16.5. The highest BCUT2D eigenvalue weighted by molar-refractivity contribution is 6.22. The third kappa shape index (κ3) is 3.61. The molecule has 1 aliphatic rings. The van der Waals surface area contributed by atoms with Crippen molar-refractivity contribution in [3.63, 3.8) is 0 Å². The van der Waals surface area contributed by atoms with Gasteiger partial charge in [-0.25, -0.2) is 0 Å². The van der Waals surface area contributed by atoms with Crippen molar-refractivity contribution in [3.8, 4) is 0 Å². The Morgan fingerprint density at radius 2 is 1.70 bits per heavy atom. The lowest BCUT2D eigenvalue weighted by molar-refractivity contribution is 0.0642. The summed E-state index contributed by atoms with van der Waals surface area (Å²) in [5.41, 5.74) is 1.39. The third-order valence-electron chi connectivity index (χ3n) is 4.91. The van der Waals surface area contributed by atoms with Gasteiger partial charge in [-0.05, 0) is 23.8 Å². The number of imide groups is 1. The number of aromatic nitrogens is 1. The summed E-state index contributed by atoms with van der Waals surface area (Å²) in [6.07, 6.45) is 0. The van der Waals surface area contributed by atoms with Gasteiger partial charge in [0.1, 0.15) is 5.76 Å². The number of hydrogen-bond acceptors (Lipinski definition) is 5. The smallest absolute Gasteiger partial charge is 0.261 e. The SMILES string of the molecule is CC(C)(C)c1cc(NC(=O)c2ccc3c(c2)C(=O)N(Cc2ccccc2)C3=O)no1. The maximum absolute atomic E-state index is 12.8. The molecule has 2 heterocycles. The number of rotatable bonds is 4. The van der Waals surface area contributed by atoms with Crippen LogP contribution >= 0.6 is 0 Å². The van der Waals surface area contributed by atoms with Crippen molar-refractivity contribution in [2.75, 3.05) is 5.32 Å². The fourth-order valence-electron chi connectivity index (χ4n) is 3.22. The van der Waals surface area contributed by atoms with Gasteiger partial charge >= 0.3 is 0 Å². The molecule has 7 nitrogen and oxygen atoms in total. The molecule has 3 amide bonds. The van der Waals surface area contributed by atoms with Crippen LogP contribution in [0.15, 0.2) is 59.1 Å². The molecule has 1 aromatic heterocycles. The third-order valence-corrected chi connectivity index (χ3v) is 4.91. The first kappa shape index (κ1) is 19.6. The highest BCUT2D eigenvalue weighted by Gasteiger charge is 2.36. The Hall–Kier alpha value is -3.74. The average Bonchev–Trinajstić information content (AvgIpc) is 3.28. The van der Waals surface area contributed by atoms with Crippen LogP contribution in [0, 0.1) is 0 Å². The predicted octanol–water partition coefficient (Wildman–Crippen LogP) is 4.02. The number of nitrogens with zero attached hydrogens (tertiary/aromatic N) is 2. The molecule has 0 radical (unpaired) electrons. The molecule has 0 bridgehead atoms. The van der Waals surface area contributed by atoms with Gasteiger partial charge in [0, 0.05) is 17.0 Å². The van der Waals surface area contributed by atoms with Crippen LogP contribution in [0.5, 0.6) is 0 Å². The minimum atomic E-state index is -0.437. The van der Waals surface area contributed by atoms with Crippen LogP contribution in [0.2, 0.25) is 0 Å². The predicted molar refractivity (Wildman–Crippen MR) is 110 cm³/mol. The van der Waals surface area contributed by atoms with Crippen molar-refractivity contribution >= 4 is 23.5 Å². The van der Waals surface area contributed by atoms with E-state index in [-0.39, 0.29) is 29.0 Å². The maximum atomic E-state index is 12.8. The van der Waals surface area contributed by atoms with Gasteiger partial charge in [0.15, 0.2) is 5.82 Å². The molecule has 0 fully saturated rings. The van der Waals surface area contributed by atoms with Gasteiger partial charge in [0.2, 0.25) is 0 Å². The number of hydrogen-bond donors (Lipinski definition) is 1. The summed E-state index contributed by atoms with van der Waals surface area (Å²) in [6, 6.07) is 15.4. The maximum Gasteiger partial charge on any atom is 0.261 e. The molecule has 30 heavy (non-hydrogen) atoms. The zero-order valence-corrected chi connectivity index (χ0v) is 16.9. The Bertz CT molecular complexity index is 1140. The van der Waals surface area contributed by atoms with Crippen LogP contribution in [-0.2, 0) is 12.0 Å². The van der Waals surface area contributed by atoms with Crippen LogP contribution in [0.25, 0.3) is 0 Å². The molecule has 0 saturated heterocycles. The molecular formula is C23H21N3O4. The summed E-state index contributed by atoms with van der Waals surface area (Å²) in [5.74, 6) is -0.280. The summed E-state index contributed by atoms with van der Waals surface area (Å²) in [5, 5.41) is 6.54. The van der Waals surface area contributed by atoms with Crippen LogP contribution in [0.4, 0.5) is 5.82 Å². The van der Waals surface area contributed by atoms with Crippen molar-refractivity contribution < 1.29 is 18.9 Å². The second-order valence-corrected chi connectivity index (χ2v) is 8.22. The normalized spacial score (nSPS) is 13.5. The van der Waals surface area contributed by atoms with E-state index in [0.717, 1.165) is 5.56 Å². The van der Waals surface area contributed by atoms with Crippen molar-refractivity contribution in [2.45, 2.75) is 32.7 Å². The molecule has 7 heteroatoms. The largest absolute Gasteiger partial charge is 0.359 e. The minimum absolute atomic E-state index is 0.184. The van der Waals surface area contributed by atoms with Gasteiger partial charge in [0.05, 0.1) is 17.7 Å². The molecule has 0 aliphatic carbocycles. The number of anilines is 1. The van der Waals surface area contributed by atoms with Crippen molar-refractivity contribution in [2.24, 2.45) is 0 Å². The molecule has 1 N–H and O–H groups in total. The first-order valence-electron chi connectivity index (χ1n) is 9.57. The van der Waals surface area contributed by atoms with Gasteiger partial charge in [-0.1, -0.05) is 56.3 Å². The molecule has 3 aromatic rings. The molecule has 0 atom stereocenters. The molecule has 152 valence electrons. The standard InChI is InChI=1S/C23H21N3O4/c1-23(2,3)18-12-19(25-30-18)24-20(27)15-9-10-16-17(11-15)22(29)26(21(16)28)13-14-7-5-4-6-8-14/h4-12H,13H2,1-3H3,(H,24,25,27). The van der Waals surface area contributed by atoms with E-state index in [1.807, 2.05) is 51.1 Å². The summed E-state index contributed by atoms with van der Waals surface area (Å²) in [4.78, 5) is 39.3. The van der Waals surface area contributed by atoms with E-state index in [1.54, 1.807) is 6.07 Å². The number of benzene rings is 2. The highest BCUT2D eigenvalue weighted by Crippen LogP contribution is 2.27. The topological polar surface area (TPSA) is 92.5 Å². The zero-order chi connectivity index (χ0) is 21.5. The van der Waals surface area contributed by atoms with Gasteiger partial charge in [-0.15, -0.1) is 0 Å². The van der Waals surface area contributed by atoms with Gasteiger partial charge in [0.25, 0.3) is 17.7 Å². The molecular weight excluding hydrogens is 382 g/mol. The van der Waals surface area contributed by atoms with Crippen LogP contribution in [-0.4, -0.2) is 27.8 Å². The number of nitrogens with one attached hydrogen (secondary N) is 1. The number of carbonyl (C=O) groups is 3. The zero-order valence-electron chi connectivity index (χ0n) is 16.9.